The summed E-state index contributed by atoms with van der Waals surface area (Å²) >= 11 is 0. The molecule has 4 rings (SSSR count). The fraction of sp³-hybridized carbons (Fsp3) is 0.409. The Kier molecular flexibility index (Phi) is 5.60. The fourth-order valence-corrected chi connectivity index (χ4v) is 4.42. The van der Waals surface area contributed by atoms with Crippen molar-refractivity contribution < 1.29 is 31.1 Å². The standard InChI is InChI=1S/C22H21F6N3O/c23-21(24,25)17-7-6-16(18(8-17)22(26,27)28)9-29-19(32)31-13-20(14-31)11-30(12-20)10-15-4-2-1-3-5-15/h1-8H,9-14H2,(H,29,32). The van der Waals surface area contributed by atoms with Gasteiger partial charge in [0, 0.05) is 44.7 Å². The third-order valence-corrected chi connectivity index (χ3v) is 5.88. The molecule has 172 valence electrons. The molecular weight excluding hydrogens is 436 g/mol. The van der Waals surface area contributed by atoms with Crippen molar-refractivity contribution in [2.45, 2.75) is 25.4 Å². The van der Waals surface area contributed by atoms with Crippen LogP contribution in [0, 0.1) is 5.41 Å². The maximum atomic E-state index is 13.2. The van der Waals surface area contributed by atoms with Crippen molar-refractivity contribution in [2.24, 2.45) is 5.41 Å². The first-order valence-electron chi connectivity index (χ1n) is 10.0. The minimum absolute atomic E-state index is 0.0115. The molecule has 4 nitrogen and oxygen atoms in total. The van der Waals surface area contributed by atoms with Crippen LogP contribution in [0.5, 0.6) is 0 Å². The van der Waals surface area contributed by atoms with Crippen molar-refractivity contribution in [1.82, 2.24) is 15.1 Å². The van der Waals surface area contributed by atoms with E-state index in [4.69, 9.17) is 0 Å². The second kappa shape index (κ2) is 7.99. The number of urea groups is 1. The minimum atomic E-state index is -4.96. The van der Waals surface area contributed by atoms with Crippen LogP contribution in [0.15, 0.2) is 48.5 Å². The first-order valence-corrected chi connectivity index (χ1v) is 10.0. The molecule has 0 radical (unpaired) electrons. The van der Waals surface area contributed by atoms with E-state index < -0.39 is 41.6 Å². The molecule has 1 spiro atoms. The largest absolute Gasteiger partial charge is 0.416 e. The second-order valence-electron chi connectivity index (χ2n) is 8.51. The van der Waals surface area contributed by atoms with Crippen LogP contribution in [0.1, 0.15) is 22.3 Å². The lowest BCUT2D eigenvalue weighted by atomic mass is 9.73. The van der Waals surface area contributed by atoms with Gasteiger partial charge in [-0.1, -0.05) is 36.4 Å². The third kappa shape index (κ3) is 4.69. The molecule has 1 N–H and O–H groups in total. The lowest BCUT2D eigenvalue weighted by Gasteiger charge is -2.60. The second-order valence-corrected chi connectivity index (χ2v) is 8.51. The van der Waals surface area contributed by atoms with E-state index in [1.54, 1.807) is 0 Å². The number of benzene rings is 2. The molecule has 2 fully saturated rings. The molecule has 2 heterocycles. The van der Waals surface area contributed by atoms with E-state index in [9.17, 15) is 31.1 Å². The first kappa shape index (κ1) is 22.4. The average molecular weight is 457 g/mol. The lowest BCUT2D eigenvalue weighted by Crippen LogP contribution is -2.73. The Morgan fingerprint density at radius 1 is 0.906 bits per heavy atom. The van der Waals surface area contributed by atoms with Crippen LogP contribution >= 0.6 is 0 Å². The number of nitrogens with one attached hydrogen (secondary N) is 1. The Labute approximate surface area is 180 Å². The summed E-state index contributed by atoms with van der Waals surface area (Å²) in [6.07, 6.45) is -9.85. The minimum Gasteiger partial charge on any atom is -0.334 e. The fourth-order valence-electron chi connectivity index (χ4n) is 4.42. The maximum Gasteiger partial charge on any atom is 0.416 e. The van der Waals surface area contributed by atoms with Gasteiger partial charge in [-0.05, 0) is 23.3 Å². The molecule has 2 saturated heterocycles. The van der Waals surface area contributed by atoms with Crippen molar-refractivity contribution in [3.8, 4) is 0 Å². The van der Waals surface area contributed by atoms with E-state index in [-0.39, 0.29) is 11.5 Å². The zero-order valence-corrected chi connectivity index (χ0v) is 16.9. The average Bonchev–Trinajstić information content (AvgIpc) is 2.66. The molecule has 0 bridgehead atoms. The molecule has 2 aromatic rings. The van der Waals surface area contributed by atoms with Gasteiger partial charge in [0.15, 0.2) is 0 Å². The quantitative estimate of drug-likeness (QED) is 0.673. The van der Waals surface area contributed by atoms with E-state index in [1.165, 1.54) is 10.5 Å². The van der Waals surface area contributed by atoms with Crippen LogP contribution in [0.2, 0.25) is 0 Å². The van der Waals surface area contributed by atoms with E-state index in [0.717, 1.165) is 25.7 Å². The summed E-state index contributed by atoms with van der Waals surface area (Å²) in [6, 6.07) is 10.9. The van der Waals surface area contributed by atoms with Crippen molar-refractivity contribution in [3.63, 3.8) is 0 Å². The highest BCUT2D eigenvalue weighted by atomic mass is 19.4. The van der Waals surface area contributed by atoms with E-state index >= 15 is 0 Å². The van der Waals surface area contributed by atoms with Crippen molar-refractivity contribution in [3.05, 3.63) is 70.8 Å². The van der Waals surface area contributed by atoms with Gasteiger partial charge >= 0.3 is 18.4 Å². The molecule has 0 unspecified atom stereocenters. The van der Waals surface area contributed by atoms with Gasteiger partial charge in [0.2, 0.25) is 0 Å². The topological polar surface area (TPSA) is 35.6 Å². The van der Waals surface area contributed by atoms with Gasteiger partial charge in [-0.2, -0.15) is 26.3 Å². The first-order chi connectivity index (χ1) is 15.0. The van der Waals surface area contributed by atoms with E-state index in [2.05, 4.69) is 10.2 Å². The van der Waals surface area contributed by atoms with Gasteiger partial charge in [-0.15, -0.1) is 0 Å². The summed E-state index contributed by atoms with van der Waals surface area (Å²) in [7, 11) is 0. The number of carbonyl (C=O) groups is 1. The summed E-state index contributed by atoms with van der Waals surface area (Å²) in [5.41, 5.74) is -1.98. The van der Waals surface area contributed by atoms with Crippen molar-refractivity contribution >= 4 is 6.03 Å². The van der Waals surface area contributed by atoms with Gasteiger partial charge in [-0.3, -0.25) is 4.90 Å². The van der Waals surface area contributed by atoms with Crippen LogP contribution in [-0.4, -0.2) is 42.0 Å². The van der Waals surface area contributed by atoms with E-state index in [0.29, 0.717) is 19.2 Å². The number of amides is 2. The molecule has 0 atom stereocenters. The number of likely N-dealkylation sites (tertiary alicyclic amines) is 2. The molecule has 0 aliphatic carbocycles. The van der Waals surface area contributed by atoms with Crippen LogP contribution in [0.4, 0.5) is 31.1 Å². The summed E-state index contributed by atoms with van der Waals surface area (Å²) in [4.78, 5) is 16.1. The zero-order valence-electron chi connectivity index (χ0n) is 16.9. The van der Waals surface area contributed by atoms with Crippen LogP contribution < -0.4 is 5.32 Å². The molecular formula is C22H21F6N3O. The summed E-state index contributed by atoms with van der Waals surface area (Å²) < 4.78 is 78.0. The van der Waals surface area contributed by atoms with Gasteiger partial charge in [-0.25, -0.2) is 4.79 Å². The maximum absolute atomic E-state index is 13.2. The monoisotopic (exact) mass is 457 g/mol. The Morgan fingerprint density at radius 2 is 1.56 bits per heavy atom. The lowest BCUT2D eigenvalue weighted by molar-refractivity contribution is -0.143. The number of hydrogen-bond acceptors (Lipinski definition) is 2. The van der Waals surface area contributed by atoms with Crippen LogP contribution in [0.25, 0.3) is 0 Å². The smallest absolute Gasteiger partial charge is 0.334 e. The SMILES string of the molecule is O=C(NCc1ccc(C(F)(F)F)cc1C(F)(F)F)N1CC2(CN(Cc3ccccc3)C2)C1. The molecule has 2 amide bonds. The number of nitrogens with zero attached hydrogens (tertiary/aromatic N) is 2. The number of hydrogen-bond donors (Lipinski definition) is 1. The van der Waals surface area contributed by atoms with Gasteiger partial charge in [0.1, 0.15) is 0 Å². The highest BCUT2D eigenvalue weighted by molar-refractivity contribution is 5.75. The molecule has 10 heteroatoms. The number of halogens is 6. The van der Waals surface area contributed by atoms with E-state index in [1.807, 2.05) is 30.3 Å². The molecule has 2 aliphatic heterocycles. The van der Waals surface area contributed by atoms with Crippen molar-refractivity contribution in [2.75, 3.05) is 26.2 Å². The molecule has 32 heavy (non-hydrogen) atoms. The highest BCUT2D eigenvalue weighted by Crippen LogP contribution is 2.40. The predicted molar refractivity (Wildman–Crippen MR) is 104 cm³/mol. The van der Waals surface area contributed by atoms with Gasteiger partial charge in [0.05, 0.1) is 11.1 Å². The highest BCUT2D eigenvalue weighted by Gasteiger charge is 2.52. The Hall–Kier alpha value is -2.75. The molecule has 2 aliphatic rings. The Morgan fingerprint density at radius 3 is 2.16 bits per heavy atom. The number of carbonyl (C=O) groups excluding carboxylic acids is 1. The number of alkyl halides is 6. The van der Waals surface area contributed by atoms with Crippen molar-refractivity contribution in [1.29, 1.82) is 0 Å². The summed E-state index contributed by atoms with van der Waals surface area (Å²) in [6.45, 7) is 3.00. The summed E-state index contributed by atoms with van der Waals surface area (Å²) in [5.74, 6) is 0. The Balaban J connectivity index is 1.29. The third-order valence-electron chi connectivity index (χ3n) is 5.88. The molecule has 2 aromatic carbocycles. The van der Waals surface area contributed by atoms with Gasteiger partial charge in [0.25, 0.3) is 0 Å². The summed E-state index contributed by atoms with van der Waals surface area (Å²) in [5, 5.41) is 2.40. The van der Waals surface area contributed by atoms with Crippen LogP contribution in [0.3, 0.4) is 0 Å². The van der Waals surface area contributed by atoms with Crippen LogP contribution in [-0.2, 0) is 25.4 Å². The Bertz CT molecular complexity index is 975. The van der Waals surface area contributed by atoms with Gasteiger partial charge < -0.3 is 10.2 Å². The zero-order chi connectivity index (χ0) is 23.1. The predicted octanol–water partition coefficient (Wildman–Crippen LogP) is 4.75. The molecule has 0 aromatic heterocycles. The normalized spacial score (nSPS) is 18.2. The molecule has 0 saturated carbocycles. The number of rotatable bonds is 4.